The average Bonchev–Trinajstić information content (AvgIpc) is 2.74. The summed E-state index contributed by atoms with van der Waals surface area (Å²) in [6.07, 6.45) is 5.78. The van der Waals surface area contributed by atoms with Crippen molar-refractivity contribution in [1.29, 1.82) is 0 Å². The lowest BCUT2D eigenvalue weighted by Crippen LogP contribution is -2.33. The van der Waals surface area contributed by atoms with Crippen molar-refractivity contribution in [3.05, 3.63) is 33.2 Å². The normalized spacial score (nSPS) is 16.3. The third kappa shape index (κ3) is 2.44. The fourth-order valence-corrected chi connectivity index (χ4v) is 2.10. The van der Waals surface area contributed by atoms with Gasteiger partial charge in [0.2, 0.25) is 0 Å². The second-order valence-corrected chi connectivity index (χ2v) is 4.43. The highest BCUT2D eigenvalue weighted by Crippen LogP contribution is 2.18. The molecule has 1 fully saturated rings. The Labute approximate surface area is 98.0 Å². The van der Waals surface area contributed by atoms with Gasteiger partial charge in [0.1, 0.15) is 5.02 Å². The molecule has 1 amide bonds. The Hall–Kier alpha value is -1.29. The molecule has 0 atom stereocenters. The van der Waals surface area contributed by atoms with Crippen molar-refractivity contribution < 1.29 is 4.79 Å². The van der Waals surface area contributed by atoms with Crippen LogP contribution in [0.1, 0.15) is 36.0 Å². The van der Waals surface area contributed by atoms with Gasteiger partial charge in [-0.2, -0.15) is 0 Å². The Kier molecular flexibility index (Phi) is 3.29. The third-order valence-corrected chi connectivity index (χ3v) is 3.09. The maximum atomic E-state index is 11.8. The molecule has 0 aliphatic heterocycles. The van der Waals surface area contributed by atoms with Crippen LogP contribution < -0.4 is 10.9 Å². The standard InChI is InChI=1S/C11H13ClN2O2/c12-9-5-7(6-13-11(9)16)10(15)14-8-3-1-2-4-8/h5-6,8H,1-4H2,(H,13,16)(H,14,15). The largest absolute Gasteiger partial charge is 0.349 e. The van der Waals surface area contributed by atoms with Gasteiger partial charge in [0, 0.05) is 12.2 Å². The number of aromatic nitrogens is 1. The molecule has 1 saturated carbocycles. The van der Waals surface area contributed by atoms with Crippen LogP contribution in [0.4, 0.5) is 0 Å². The number of amides is 1. The summed E-state index contributed by atoms with van der Waals surface area (Å²) in [5.74, 6) is -0.176. The van der Waals surface area contributed by atoms with E-state index in [1.165, 1.54) is 12.3 Å². The van der Waals surface area contributed by atoms with E-state index in [-0.39, 0.29) is 22.5 Å². The second-order valence-electron chi connectivity index (χ2n) is 4.02. The first-order chi connectivity index (χ1) is 7.66. The zero-order valence-corrected chi connectivity index (χ0v) is 9.51. The first kappa shape index (κ1) is 11.2. The van der Waals surface area contributed by atoms with E-state index in [4.69, 9.17) is 11.6 Å². The van der Waals surface area contributed by atoms with E-state index in [1.807, 2.05) is 0 Å². The number of hydrogen-bond donors (Lipinski definition) is 2. The van der Waals surface area contributed by atoms with Crippen LogP contribution in [0.2, 0.25) is 5.02 Å². The quantitative estimate of drug-likeness (QED) is 0.827. The smallest absolute Gasteiger partial charge is 0.266 e. The number of carbonyl (C=O) groups is 1. The van der Waals surface area contributed by atoms with Crippen molar-refractivity contribution in [2.24, 2.45) is 0 Å². The van der Waals surface area contributed by atoms with Crippen molar-refractivity contribution in [3.8, 4) is 0 Å². The highest BCUT2D eigenvalue weighted by Gasteiger charge is 2.18. The number of carbonyl (C=O) groups excluding carboxylic acids is 1. The van der Waals surface area contributed by atoms with Gasteiger partial charge in [0.25, 0.3) is 11.5 Å². The molecule has 0 aromatic carbocycles. The van der Waals surface area contributed by atoms with Crippen molar-refractivity contribution in [1.82, 2.24) is 10.3 Å². The molecular formula is C11H13ClN2O2. The molecule has 1 aromatic rings. The minimum atomic E-state index is -0.376. The van der Waals surface area contributed by atoms with Gasteiger partial charge in [0.15, 0.2) is 0 Å². The summed E-state index contributed by atoms with van der Waals surface area (Å²) in [4.78, 5) is 25.2. The van der Waals surface area contributed by atoms with E-state index < -0.39 is 0 Å². The molecule has 16 heavy (non-hydrogen) atoms. The Balaban J connectivity index is 2.08. The Morgan fingerprint density at radius 3 is 2.75 bits per heavy atom. The van der Waals surface area contributed by atoms with Crippen molar-refractivity contribution in [3.63, 3.8) is 0 Å². The SMILES string of the molecule is O=C(NC1CCCC1)c1c[nH]c(=O)c(Cl)c1. The van der Waals surface area contributed by atoms with Gasteiger partial charge in [-0.3, -0.25) is 9.59 Å². The molecule has 2 rings (SSSR count). The lowest BCUT2D eigenvalue weighted by atomic mass is 10.2. The van der Waals surface area contributed by atoms with Crippen LogP contribution in [0.25, 0.3) is 0 Å². The van der Waals surface area contributed by atoms with E-state index in [0.29, 0.717) is 5.56 Å². The topological polar surface area (TPSA) is 62.0 Å². The molecule has 2 N–H and O–H groups in total. The monoisotopic (exact) mass is 240 g/mol. The van der Waals surface area contributed by atoms with Gasteiger partial charge in [0.05, 0.1) is 5.56 Å². The molecular weight excluding hydrogens is 228 g/mol. The fraction of sp³-hybridized carbons (Fsp3) is 0.455. The van der Waals surface area contributed by atoms with E-state index in [0.717, 1.165) is 25.7 Å². The van der Waals surface area contributed by atoms with Crippen molar-refractivity contribution >= 4 is 17.5 Å². The Bertz CT molecular complexity index is 450. The third-order valence-electron chi connectivity index (χ3n) is 2.81. The molecule has 4 nitrogen and oxygen atoms in total. The van der Waals surface area contributed by atoms with Crippen LogP contribution in [0.15, 0.2) is 17.1 Å². The van der Waals surface area contributed by atoms with Crippen LogP contribution in [0.3, 0.4) is 0 Å². The first-order valence-electron chi connectivity index (χ1n) is 5.36. The molecule has 0 radical (unpaired) electrons. The second kappa shape index (κ2) is 4.70. The van der Waals surface area contributed by atoms with E-state index in [9.17, 15) is 9.59 Å². The molecule has 86 valence electrons. The zero-order valence-electron chi connectivity index (χ0n) is 8.75. The van der Waals surface area contributed by atoms with Gasteiger partial charge >= 0.3 is 0 Å². The lowest BCUT2D eigenvalue weighted by Gasteiger charge is -2.11. The molecule has 0 bridgehead atoms. The van der Waals surface area contributed by atoms with Gasteiger partial charge < -0.3 is 10.3 Å². The summed E-state index contributed by atoms with van der Waals surface area (Å²) in [6, 6.07) is 1.66. The molecule has 0 spiro atoms. The Morgan fingerprint density at radius 2 is 2.12 bits per heavy atom. The van der Waals surface area contributed by atoms with E-state index in [1.54, 1.807) is 0 Å². The van der Waals surface area contributed by atoms with Crippen LogP contribution in [0.5, 0.6) is 0 Å². The maximum absolute atomic E-state index is 11.8. The van der Waals surface area contributed by atoms with Gasteiger partial charge in [-0.25, -0.2) is 0 Å². The summed E-state index contributed by atoms with van der Waals surface area (Å²) in [6.45, 7) is 0. The number of pyridine rings is 1. The van der Waals surface area contributed by atoms with Gasteiger partial charge in [-0.1, -0.05) is 24.4 Å². The predicted octanol–water partition coefficient (Wildman–Crippen LogP) is 1.70. The summed E-state index contributed by atoms with van der Waals surface area (Å²) in [7, 11) is 0. The average molecular weight is 241 g/mol. The number of nitrogens with one attached hydrogen (secondary N) is 2. The minimum Gasteiger partial charge on any atom is -0.349 e. The van der Waals surface area contributed by atoms with Crippen LogP contribution in [0, 0.1) is 0 Å². The Morgan fingerprint density at radius 1 is 1.44 bits per heavy atom. The lowest BCUT2D eigenvalue weighted by molar-refractivity contribution is 0.0937. The maximum Gasteiger partial charge on any atom is 0.266 e. The highest BCUT2D eigenvalue weighted by atomic mass is 35.5. The number of halogens is 1. The molecule has 1 aliphatic rings. The van der Waals surface area contributed by atoms with Crippen LogP contribution in [-0.2, 0) is 0 Å². The molecule has 5 heteroatoms. The predicted molar refractivity (Wildman–Crippen MR) is 61.8 cm³/mol. The highest BCUT2D eigenvalue weighted by molar-refractivity contribution is 6.30. The van der Waals surface area contributed by atoms with Gasteiger partial charge in [-0.15, -0.1) is 0 Å². The molecule has 0 saturated heterocycles. The van der Waals surface area contributed by atoms with Gasteiger partial charge in [-0.05, 0) is 18.9 Å². The molecule has 1 aliphatic carbocycles. The summed E-state index contributed by atoms with van der Waals surface area (Å²) in [5.41, 5.74) is 0.0237. The van der Waals surface area contributed by atoms with E-state index >= 15 is 0 Å². The van der Waals surface area contributed by atoms with Crippen LogP contribution in [-0.4, -0.2) is 16.9 Å². The summed E-state index contributed by atoms with van der Waals surface area (Å²) in [5, 5.41) is 2.96. The number of hydrogen-bond acceptors (Lipinski definition) is 2. The number of rotatable bonds is 2. The fourth-order valence-electron chi connectivity index (χ4n) is 1.93. The molecule has 0 unspecified atom stereocenters. The first-order valence-corrected chi connectivity index (χ1v) is 5.74. The molecule has 1 heterocycles. The number of H-pyrrole nitrogens is 1. The summed E-state index contributed by atoms with van der Waals surface area (Å²) >= 11 is 5.65. The van der Waals surface area contributed by atoms with Crippen molar-refractivity contribution in [2.45, 2.75) is 31.7 Å². The minimum absolute atomic E-state index is 0.0408. The van der Waals surface area contributed by atoms with Crippen molar-refractivity contribution in [2.75, 3.05) is 0 Å². The van der Waals surface area contributed by atoms with Crippen LogP contribution >= 0.6 is 11.6 Å². The van der Waals surface area contributed by atoms with E-state index in [2.05, 4.69) is 10.3 Å². The molecule has 1 aromatic heterocycles. The summed E-state index contributed by atoms with van der Waals surface area (Å²) < 4.78 is 0. The number of aromatic amines is 1. The zero-order chi connectivity index (χ0) is 11.5.